The van der Waals surface area contributed by atoms with Crippen LogP contribution in [0.5, 0.6) is 0 Å². The van der Waals surface area contributed by atoms with Crippen LogP contribution in [0.25, 0.3) is 0 Å². The lowest BCUT2D eigenvalue weighted by Crippen LogP contribution is -2.38. The minimum absolute atomic E-state index is 0.254. The summed E-state index contributed by atoms with van der Waals surface area (Å²) < 4.78 is 31.4. The summed E-state index contributed by atoms with van der Waals surface area (Å²) in [5.41, 5.74) is 0.949. The van der Waals surface area contributed by atoms with E-state index in [1.54, 1.807) is 24.3 Å². The third-order valence-corrected chi connectivity index (χ3v) is 5.50. The first-order chi connectivity index (χ1) is 12.5. The second-order valence-electron chi connectivity index (χ2n) is 6.35. The molecule has 1 aromatic rings. The van der Waals surface area contributed by atoms with E-state index in [2.05, 4.69) is 20.3 Å². The van der Waals surface area contributed by atoms with Gasteiger partial charge in [-0.3, -0.25) is 0 Å². The van der Waals surface area contributed by atoms with Crippen molar-refractivity contribution in [2.45, 2.75) is 37.6 Å². The number of nitrogens with one attached hydrogen (secondary N) is 3. The number of hydrogen-bond donors (Lipinski definition) is 3. The van der Waals surface area contributed by atoms with Crippen molar-refractivity contribution in [2.24, 2.45) is 10.9 Å². The number of nitrogens with zero attached hydrogens (tertiary/aromatic N) is 1. The lowest BCUT2D eigenvalue weighted by molar-refractivity contribution is 0.123. The van der Waals surface area contributed by atoms with E-state index in [9.17, 15) is 8.42 Å². The van der Waals surface area contributed by atoms with E-state index < -0.39 is 10.0 Å². The molecular weight excluding hydrogens is 352 g/mol. The van der Waals surface area contributed by atoms with Crippen molar-refractivity contribution in [1.82, 2.24) is 15.4 Å². The molecule has 0 radical (unpaired) electrons. The second kappa shape index (κ2) is 10.5. The molecule has 2 rings (SSSR count). The fraction of sp³-hybridized carbons (Fsp3) is 0.611. The van der Waals surface area contributed by atoms with E-state index in [0.29, 0.717) is 6.54 Å². The summed E-state index contributed by atoms with van der Waals surface area (Å²) in [6.45, 7) is 5.75. The van der Waals surface area contributed by atoms with Crippen LogP contribution in [0.3, 0.4) is 0 Å². The molecule has 1 fully saturated rings. The SMILES string of the molecule is CCNC(=NCc1ccc(S(=O)(=O)NC)cc1)NCCCOCC1CC1. The third-order valence-electron chi connectivity index (χ3n) is 4.07. The normalized spacial score (nSPS) is 15.1. The summed E-state index contributed by atoms with van der Waals surface area (Å²) in [6.07, 6.45) is 3.57. The molecule has 0 bridgehead atoms. The summed E-state index contributed by atoms with van der Waals surface area (Å²) in [5, 5.41) is 6.50. The van der Waals surface area contributed by atoms with Crippen LogP contribution in [0, 0.1) is 5.92 Å². The molecule has 146 valence electrons. The van der Waals surface area contributed by atoms with E-state index >= 15 is 0 Å². The molecule has 1 aliphatic rings. The number of rotatable bonds is 11. The predicted molar refractivity (Wildman–Crippen MR) is 104 cm³/mol. The Hall–Kier alpha value is -1.64. The van der Waals surface area contributed by atoms with E-state index in [4.69, 9.17) is 4.74 Å². The van der Waals surface area contributed by atoms with Crippen LogP contribution < -0.4 is 15.4 Å². The van der Waals surface area contributed by atoms with Crippen LogP contribution >= 0.6 is 0 Å². The number of guanidine groups is 1. The summed E-state index contributed by atoms with van der Waals surface area (Å²) in [5.74, 6) is 1.55. The molecule has 1 aliphatic carbocycles. The number of sulfonamides is 1. The van der Waals surface area contributed by atoms with Gasteiger partial charge in [-0.15, -0.1) is 0 Å². The number of ether oxygens (including phenoxy) is 1. The van der Waals surface area contributed by atoms with Gasteiger partial charge in [0.2, 0.25) is 10.0 Å². The highest BCUT2D eigenvalue weighted by atomic mass is 32.2. The summed E-state index contributed by atoms with van der Waals surface area (Å²) >= 11 is 0. The minimum Gasteiger partial charge on any atom is -0.381 e. The van der Waals surface area contributed by atoms with Crippen LogP contribution in [0.15, 0.2) is 34.2 Å². The number of hydrogen-bond acceptors (Lipinski definition) is 4. The highest BCUT2D eigenvalue weighted by Gasteiger charge is 2.20. The van der Waals surface area contributed by atoms with Crippen molar-refractivity contribution in [1.29, 1.82) is 0 Å². The van der Waals surface area contributed by atoms with Gasteiger partial charge in [0.05, 0.1) is 11.4 Å². The van der Waals surface area contributed by atoms with Crippen LogP contribution in [0.2, 0.25) is 0 Å². The second-order valence-corrected chi connectivity index (χ2v) is 8.23. The first-order valence-corrected chi connectivity index (χ1v) is 10.7. The first kappa shape index (κ1) is 20.7. The molecule has 1 saturated carbocycles. The smallest absolute Gasteiger partial charge is 0.240 e. The monoisotopic (exact) mass is 382 g/mol. The van der Waals surface area contributed by atoms with Crippen molar-refractivity contribution < 1.29 is 13.2 Å². The quantitative estimate of drug-likeness (QED) is 0.306. The fourth-order valence-electron chi connectivity index (χ4n) is 2.32. The summed E-state index contributed by atoms with van der Waals surface area (Å²) in [6, 6.07) is 6.74. The Bertz CT molecular complexity index is 670. The van der Waals surface area contributed by atoms with E-state index in [0.717, 1.165) is 50.2 Å². The third kappa shape index (κ3) is 7.31. The van der Waals surface area contributed by atoms with Gasteiger partial charge in [0.1, 0.15) is 0 Å². The molecule has 8 heteroatoms. The molecule has 0 aliphatic heterocycles. The topological polar surface area (TPSA) is 91.8 Å². The van der Waals surface area contributed by atoms with Gasteiger partial charge in [-0.1, -0.05) is 12.1 Å². The Morgan fingerprint density at radius 2 is 1.96 bits per heavy atom. The van der Waals surface area contributed by atoms with Crippen molar-refractivity contribution in [3.05, 3.63) is 29.8 Å². The maximum Gasteiger partial charge on any atom is 0.240 e. The number of aliphatic imine (C=N–C) groups is 1. The zero-order chi connectivity index (χ0) is 18.8. The van der Waals surface area contributed by atoms with E-state index in [1.165, 1.54) is 19.9 Å². The summed E-state index contributed by atoms with van der Waals surface area (Å²) in [4.78, 5) is 4.79. The molecule has 7 nitrogen and oxygen atoms in total. The highest BCUT2D eigenvalue weighted by Crippen LogP contribution is 2.28. The van der Waals surface area contributed by atoms with Gasteiger partial charge in [0.15, 0.2) is 5.96 Å². The lowest BCUT2D eigenvalue weighted by atomic mass is 10.2. The molecule has 3 N–H and O–H groups in total. The van der Waals surface area contributed by atoms with Crippen molar-refractivity contribution in [2.75, 3.05) is 33.4 Å². The van der Waals surface area contributed by atoms with Gasteiger partial charge in [-0.05, 0) is 56.8 Å². The first-order valence-electron chi connectivity index (χ1n) is 9.17. The molecule has 0 atom stereocenters. The van der Waals surface area contributed by atoms with E-state index in [1.807, 2.05) is 6.92 Å². The molecule has 0 heterocycles. The molecule has 26 heavy (non-hydrogen) atoms. The van der Waals surface area contributed by atoms with Crippen LogP contribution in [-0.2, 0) is 21.3 Å². The summed E-state index contributed by atoms with van der Waals surface area (Å²) in [7, 11) is -2.00. The molecule has 0 amide bonds. The van der Waals surface area contributed by atoms with Crippen molar-refractivity contribution in [3.63, 3.8) is 0 Å². The van der Waals surface area contributed by atoms with Crippen LogP contribution in [0.4, 0.5) is 0 Å². The van der Waals surface area contributed by atoms with Gasteiger partial charge < -0.3 is 15.4 Å². The average Bonchev–Trinajstić information content (AvgIpc) is 3.47. The lowest BCUT2D eigenvalue weighted by Gasteiger charge is -2.11. The van der Waals surface area contributed by atoms with Crippen molar-refractivity contribution >= 4 is 16.0 Å². The zero-order valence-electron chi connectivity index (χ0n) is 15.6. The Kier molecular flexibility index (Phi) is 8.34. The Balaban J connectivity index is 1.77. The molecule has 0 unspecified atom stereocenters. The maximum atomic E-state index is 11.7. The molecule has 1 aromatic carbocycles. The molecule has 0 saturated heterocycles. The molecule has 0 spiro atoms. The average molecular weight is 383 g/mol. The molecular formula is C18H30N4O3S. The highest BCUT2D eigenvalue weighted by molar-refractivity contribution is 7.89. The van der Waals surface area contributed by atoms with Gasteiger partial charge in [-0.25, -0.2) is 18.1 Å². The maximum absolute atomic E-state index is 11.7. The van der Waals surface area contributed by atoms with E-state index in [-0.39, 0.29) is 4.90 Å². The van der Waals surface area contributed by atoms with Crippen LogP contribution in [0.1, 0.15) is 31.7 Å². The largest absolute Gasteiger partial charge is 0.381 e. The zero-order valence-corrected chi connectivity index (χ0v) is 16.4. The Labute approximate surface area is 156 Å². The Morgan fingerprint density at radius 1 is 1.23 bits per heavy atom. The fourth-order valence-corrected chi connectivity index (χ4v) is 3.05. The Morgan fingerprint density at radius 3 is 2.58 bits per heavy atom. The van der Waals surface area contributed by atoms with Gasteiger partial charge >= 0.3 is 0 Å². The number of benzene rings is 1. The van der Waals surface area contributed by atoms with Crippen molar-refractivity contribution in [3.8, 4) is 0 Å². The predicted octanol–water partition coefficient (Wildman–Crippen LogP) is 1.47. The molecule has 0 aromatic heterocycles. The standard InChI is InChI=1S/C18H30N4O3S/c1-3-20-18(21-11-4-12-25-14-16-5-6-16)22-13-15-7-9-17(10-8-15)26(23,24)19-2/h7-10,16,19H,3-6,11-14H2,1-2H3,(H2,20,21,22). The van der Waals surface area contributed by atoms with Crippen LogP contribution in [-0.4, -0.2) is 47.7 Å². The van der Waals surface area contributed by atoms with Gasteiger partial charge in [-0.2, -0.15) is 0 Å². The van der Waals surface area contributed by atoms with Gasteiger partial charge in [0.25, 0.3) is 0 Å². The van der Waals surface area contributed by atoms with Gasteiger partial charge in [0, 0.05) is 26.3 Å². The minimum atomic E-state index is -3.40.